The first-order chi connectivity index (χ1) is 5.61. The highest BCUT2D eigenvalue weighted by Gasteiger charge is 2.08. The average molecular weight is 183 g/mol. The first kappa shape index (κ1) is 9.26. The van der Waals surface area contributed by atoms with Crippen LogP contribution in [0.25, 0.3) is 0 Å². The minimum Gasteiger partial charge on any atom is -0.318 e. The lowest BCUT2D eigenvalue weighted by Gasteiger charge is -2.06. The summed E-state index contributed by atoms with van der Waals surface area (Å²) in [5.41, 5.74) is 1.22. The third-order valence-corrected chi connectivity index (χ3v) is 2.45. The highest BCUT2D eigenvalue weighted by molar-refractivity contribution is 7.14. The van der Waals surface area contributed by atoms with Gasteiger partial charge in [-0.3, -0.25) is 4.79 Å². The molecule has 0 spiro atoms. The van der Waals surface area contributed by atoms with Crippen molar-refractivity contribution < 1.29 is 4.79 Å². The van der Waals surface area contributed by atoms with Gasteiger partial charge in [-0.15, -0.1) is 11.3 Å². The molecular formula is C9H13NOS. The fourth-order valence-electron chi connectivity index (χ4n) is 1.04. The molecule has 0 aliphatic carbocycles. The van der Waals surface area contributed by atoms with E-state index in [4.69, 9.17) is 0 Å². The number of hydrogen-bond donors (Lipinski definition) is 1. The first-order valence-corrected chi connectivity index (χ1v) is 4.84. The van der Waals surface area contributed by atoms with Gasteiger partial charge in [0, 0.05) is 6.92 Å². The number of rotatable bonds is 2. The quantitative estimate of drug-likeness (QED) is 0.750. The van der Waals surface area contributed by atoms with Gasteiger partial charge in [-0.05, 0) is 22.9 Å². The molecule has 66 valence electrons. The monoisotopic (exact) mass is 183 g/mol. The minimum absolute atomic E-state index is 0.000602. The van der Waals surface area contributed by atoms with Crippen LogP contribution in [-0.4, -0.2) is 5.91 Å². The van der Waals surface area contributed by atoms with Crippen molar-refractivity contribution in [1.82, 2.24) is 0 Å². The number of nitrogens with one attached hydrogen (secondary N) is 1. The van der Waals surface area contributed by atoms with Gasteiger partial charge in [-0.25, -0.2) is 0 Å². The molecule has 1 amide bonds. The number of thiophene rings is 1. The van der Waals surface area contributed by atoms with Gasteiger partial charge < -0.3 is 5.32 Å². The Morgan fingerprint density at radius 3 is 2.75 bits per heavy atom. The van der Waals surface area contributed by atoms with E-state index in [1.807, 2.05) is 5.38 Å². The Labute approximate surface area is 76.6 Å². The average Bonchev–Trinajstić information content (AvgIpc) is 2.33. The second kappa shape index (κ2) is 3.72. The van der Waals surface area contributed by atoms with Crippen LogP contribution < -0.4 is 5.32 Å². The van der Waals surface area contributed by atoms with Gasteiger partial charge in [0.25, 0.3) is 0 Å². The Bertz CT molecular complexity index is 278. The molecule has 0 radical (unpaired) electrons. The maximum Gasteiger partial charge on any atom is 0.221 e. The van der Waals surface area contributed by atoms with E-state index in [2.05, 4.69) is 25.2 Å². The SMILES string of the molecule is CC(=O)Nc1sccc1C(C)C. The molecule has 0 aliphatic rings. The molecule has 0 fully saturated rings. The molecule has 1 N–H and O–H groups in total. The van der Waals surface area contributed by atoms with Gasteiger partial charge in [-0.2, -0.15) is 0 Å². The highest BCUT2D eigenvalue weighted by Crippen LogP contribution is 2.29. The predicted octanol–water partition coefficient (Wildman–Crippen LogP) is 2.83. The Balaban J connectivity index is 2.84. The number of carbonyl (C=O) groups is 1. The zero-order valence-corrected chi connectivity index (χ0v) is 8.37. The van der Waals surface area contributed by atoms with Crippen LogP contribution in [0.1, 0.15) is 32.3 Å². The van der Waals surface area contributed by atoms with E-state index in [9.17, 15) is 4.79 Å². The Hall–Kier alpha value is -0.830. The van der Waals surface area contributed by atoms with Crippen molar-refractivity contribution in [3.8, 4) is 0 Å². The standard InChI is InChI=1S/C9H13NOS/c1-6(2)8-4-5-12-9(8)10-7(3)11/h4-6H,1-3H3,(H,10,11). The van der Waals surface area contributed by atoms with E-state index in [0.29, 0.717) is 5.92 Å². The van der Waals surface area contributed by atoms with Crippen molar-refractivity contribution in [3.63, 3.8) is 0 Å². The number of anilines is 1. The van der Waals surface area contributed by atoms with Crippen molar-refractivity contribution >= 4 is 22.2 Å². The second-order valence-corrected chi connectivity index (χ2v) is 3.96. The molecule has 0 saturated carbocycles. The number of carbonyl (C=O) groups excluding carboxylic acids is 1. The molecule has 0 aromatic carbocycles. The molecule has 0 bridgehead atoms. The van der Waals surface area contributed by atoms with Crippen LogP contribution in [0.3, 0.4) is 0 Å². The van der Waals surface area contributed by atoms with Crippen LogP contribution in [0.5, 0.6) is 0 Å². The molecule has 0 atom stereocenters. The van der Waals surface area contributed by atoms with Gasteiger partial charge in [0.15, 0.2) is 0 Å². The van der Waals surface area contributed by atoms with Gasteiger partial charge in [-0.1, -0.05) is 13.8 Å². The Kier molecular flexibility index (Phi) is 2.87. The second-order valence-electron chi connectivity index (χ2n) is 3.04. The maximum absolute atomic E-state index is 10.8. The van der Waals surface area contributed by atoms with E-state index < -0.39 is 0 Å². The maximum atomic E-state index is 10.8. The highest BCUT2D eigenvalue weighted by atomic mass is 32.1. The van der Waals surface area contributed by atoms with Crippen molar-refractivity contribution in [1.29, 1.82) is 0 Å². The Morgan fingerprint density at radius 1 is 1.58 bits per heavy atom. The number of amides is 1. The van der Waals surface area contributed by atoms with E-state index in [0.717, 1.165) is 5.00 Å². The largest absolute Gasteiger partial charge is 0.318 e. The van der Waals surface area contributed by atoms with Gasteiger partial charge in [0.1, 0.15) is 0 Å². The Morgan fingerprint density at radius 2 is 2.25 bits per heavy atom. The summed E-state index contributed by atoms with van der Waals surface area (Å²) in [6.07, 6.45) is 0. The van der Waals surface area contributed by atoms with Gasteiger partial charge >= 0.3 is 0 Å². The van der Waals surface area contributed by atoms with E-state index in [1.54, 1.807) is 11.3 Å². The molecule has 1 aromatic heterocycles. The summed E-state index contributed by atoms with van der Waals surface area (Å²) in [6, 6.07) is 2.06. The summed E-state index contributed by atoms with van der Waals surface area (Å²) in [7, 11) is 0. The lowest BCUT2D eigenvalue weighted by Crippen LogP contribution is -2.06. The molecule has 1 aromatic rings. The predicted molar refractivity (Wildman–Crippen MR) is 52.7 cm³/mol. The zero-order valence-electron chi connectivity index (χ0n) is 7.55. The zero-order chi connectivity index (χ0) is 9.14. The summed E-state index contributed by atoms with van der Waals surface area (Å²) in [5, 5.41) is 5.80. The third-order valence-electron chi connectivity index (χ3n) is 1.61. The molecule has 2 nitrogen and oxygen atoms in total. The van der Waals surface area contributed by atoms with Crippen LogP contribution in [0.4, 0.5) is 5.00 Å². The van der Waals surface area contributed by atoms with Crippen LogP contribution in [0, 0.1) is 0 Å². The molecule has 0 saturated heterocycles. The van der Waals surface area contributed by atoms with Crippen LogP contribution in [-0.2, 0) is 4.79 Å². The van der Waals surface area contributed by atoms with Gasteiger partial charge in [0.05, 0.1) is 5.00 Å². The normalized spacial score (nSPS) is 10.3. The van der Waals surface area contributed by atoms with E-state index in [-0.39, 0.29) is 5.91 Å². The summed E-state index contributed by atoms with van der Waals surface area (Å²) >= 11 is 1.57. The lowest BCUT2D eigenvalue weighted by atomic mass is 10.1. The summed E-state index contributed by atoms with van der Waals surface area (Å²) in [4.78, 5) is 10.8. The molecular weight excluding hydrogens is 170 g/mol. The first-order valence-electron chi connectivity index (χ1n) is 3.96. The fourth-order valence-corrected chi connectivity index (χ4v) is 2.03. The fraction of sp³-hybridized carbons (Fsp3) is 0.444. The van der Waals surface area contributed by atoms with Crippen molar-refractivity contribution in [2.24, 2.45) is 0 Å². The van der Waals surface area contributed by atoms with Crippen LogP contribution >= 0.6 is 11.3 Å². The van der Waals surface area contributed by atoms with E-state index in [1.165, 1.54) is 12.5 Å². The molecule has 12 heavy (non-hydrogen) atoms. The summed E-state index contributed by atoms with van der Waals surface area (Å²) in [5.74, 6) is 0.470. The smallest absolute Gasteiger partial charge is 0.221 e. The van der Waals surface area contributed by atoms with Crippen molar-refractivity contribution in [2.75, 3.05) is 5.32 Å². The lowest BCUT2D eigenvalue weighted by molar-refractivity contribution is -0.114. The molecule has 3 heteroatoms. The van der Waals surface area contributed by atoms with Crippen LogP contribution in [0.2, 0.25) is 0 Å². The van der Waals surface area contributed by atoms with Crippen LogP contribution in [0.15, 0.2) is 11.4 Å². The third kappa shape index (κ3) is 2.08. The molecule has 0 aliphatic heterocycles. The minimum atomic E-state index is -0.000602. The van der Waals surface area contributed by atoms with Crippen molar-refractivity contribution in [2.45, 2.75) is 26.7 Å². The summed E-state index contributed by atoms with van der Waals surface area (Å²) < 4.78 is 0. The molecule has 0 unspecified atom stereocenters. The topological polar surface area (TPSA) is 29.1 Å². The summed E-state index contributed by atoms with van der Waals surface area (Å²) in [6.45, 7) is 5.77. The molecule has 1 rings (SSSR count). The van der Waals surface area contributed by atoms with E-state index >= 15 is 0 Å². The number of hydrogen-bond acceptors (Lipinski definition) is 2. The molecule has 1 heterocycles. The van der Waals surface area contributed by atoms with Gasteiger partial charge in [0.2, 0.25) is 5.91 Å². The van der Waals surface area contributed by atoms with Crippen molar-refractivity contribution in [3.05, 3.63) is 17.0 Å².